The van der Waals surface area contributed by atoms with Crippen LogP contribution in [0, 0.1) is 17.6 Å². The van der Waals surface area contributed by atoms with Crippen LogP contribution in [0.3, 0.4) is 0 Å². The Kier molecular flexibility index (Phi) is 5.39. The molecule has 1 aromatic heterocycles. The lowest BCUT2D eigenvalue weighted by Crippen LogP contribution is -2.52. The zero-order valence-electron chi connectivity index (χ0n) is 16.0. The zero-order valence-corrected chi connectivity index (χ0v) is 16.0. The fourth-order valence-electron chi connectivity index (χ4n) is 3.78. The number of nitrogens with zero attached hydrogens (tertiary/aromatic N) is 5. The number of hydrogen-bond donors (Lipinski definition) is 0. The van der Waals surface area contributed by atoms with Gasteiger partial charge >= 0.3 is 0 Å². The molecule has 0 radical (unpaired) electrons. The van der Waals surface area contributed by atoms with Gasteiger partial charge in [-0.2, -0.15) is 0 Å². The predicted octanol–water partition coefficient (Wildman–Crippen LogP) is 1.09. The summed E-state index contributed by atoms with van der Waals surface area (Å²) in [5.41, 5.74) is 0.341. The molecule has 2 aliphatic heterocycles. The van der Waals surface area contributed by atoms with Gasteiger partial charge in [-0.15, -0.1) is 0 Å². The zero-order chi connectivity index (χ0) is 21.3. The molecular weight excluding hydrogens is 396 g/mol. The van der Waals surface area contributed by atoms with Crippen LogP contribution in [-0.2, 0) is 9.59 Å². The first-order valence-corrected chi connectivity index (χ1v) is 9.55. The second-order valence-electron chi connectivity index (χ2n) is 7.17. The number of anilines is 1. The molecular formula is C20H19F2N5O3. The highest BCUT2D eigenvalue weighted by molar-refractivity contribution is 6.09. The molecule has 0 spiro atoms. The van der Waals surface area contributed by atoms with E-state index < -0.39 is 23.5 Å². The van der Waals surface area contributed by atoms with Crippen LogP contribution in [0.2, 0.25) is 0 Å². The molecule has 2 aliphatic rings. The summed E-state index contributed by atoms with van der Waals surface area (Å²) in [7, 11) is 0. The maximum Gasteiger partial charge on any atom is 0.274 e. The molecule has 30 heavy (non-hydrogen) atoms. The molecule has 0 aliphatic carbocycles. The topological polar surface area (TPSA) is 86.7 Å². The maximum absolute atomic E-state index is 13.5. The molecule has 4 rings (SSSR count). The molecule has 0 bridgehead atoms. The van der Waals surface area contributed by atoms with Gasteiger partial charge in [-0.1, -0.05) is 0 Å². The molecule has 1 atom stereocenters. The minimum absolute atomic E-state index is 0.104. The summed E-state index contributed by atoms with van der Waals surface area (Å²) >= 11 is 0. The van der Waals surface area contributed by atoms with Gasteiger partial charge < -0.3 is 14.7 Å². The van der Waals surface area contributed by atoms with Gasteiger partial charge in [-0.25, -0.2) is 13.8 Å². The van der Waals surface area contributed by atoms with Gasteiger partial charge in [0.2, 0.25) is 11.8 Å². The number of piperazine rings is 1. The first-order chi connectivity index (χ1) is 14.4. The van der Waals surface area contributed by atoms with Crippen LogP contribution >= 0.6 is 0 Å². The average molecular weight is 415 g/mol. The Bertz CT molecular complexity index is 959. The maximum atomic E-state index is 13.5. The lowest BCUT2D eigenvalue weighted by Gasteiger charge is -2.35. The summed E-state index contributed by atoms with van der Waals surface area (Å²) in [6, 6.07) is 2.88. The molecule has 0 N–H and O–H groups in total. The summed E-state index contributed by atoms with van der Waals surface area (Å²) < 4.78 is 27.0. The fourth-order valence-corrected chi connectivity index (χ4v) is 3.78. The molecule has 3 heterocycles. The molecule has 2 saturated heterocycles. The van der Waals surface area contributed by atoms with Crippen molar-refractivity contribution in [3.8, 4) is 0 Å². The Balaban J connectivity index is 1.38. The van der Waals surface area contributed by atoms with E-state index in [-0.39, 0.29) is 36.2 Å². The van der Waals surface area contributed by atoms with Gasteiger partial charge in [0.05, 0.1) is 6.20 Å². The van der Waals surface area contributed by atoms with E-state index in [2.05, 4.69) is 9.97 Å². The van der Waals surface area contributed by atoms with Crippen molar-refractivity contribution in [2.75, 3.05) is 37.6 Å². The number of amides is 3. The Labute approximate surface area is 171 Å². The minimum atomic E-state index is -0.890. The van der Waals surface area contributed by atoms with Crippen molar-refractivity contribution in [3.05, 3.63) is 54.1 Å². The number of carbonyl (C=O) groups excluding carboxylic acids is 3. The number of benzene rings is 1. The largest absolute Gasteiger partial charge is 0.338 e. The second-order valence-corrected chi connectivity index (χ2v) is 7.17. The third-order valence-corrected chi connectivity index (χ3v) is 5.32. The Morgan fingerprint density at radius 1 is 0.933 bits per heavy atom. The highest BCUT2D eigenvalue weighted by Gasteiger charge is 2.40. The summed E-state index contributed by atoms with van der Waals surface area (Å²) in [5.74, 6) is -3.51. The van der Waals surface area contributed by atoms with E-state index in [0.29, 0.717) is 26.2 Å². The van der Waals surface area contributed by atoms with E-state index >= 15 is 0 Å². The van der Waals surface area contributed by atoms with Crippen molar-refractivity contribution < 1.29 is 23.2 Å². The molecule has 2 fully saturated rings. The van der Waals surface area contributed by atoms with Crippen molar-refractivity contribution >= 4 is 23.4 Å². The number of halogens is 2. The minimum Gasteiger partial charge on any atom is -0.338 e. The molecule has 2 aromatic rings. The van der Waals surface area contributed by atoms with Gasteiger partial charge in [-0.3, -0.25) is 19.4 Å². The monoisotopic (exact) mass is 415 g/mol. The van der Waals surface area contributed by atoms with Gasteiger partial charge in [0.1, 0.15) is 23.2 Å². The van der Waals surface area contributed by atoms with Gasteiger partial charge in [0, 0.05) is 56.9 Å². The molecule has 3 amide bonds. The van der Waals surface area contributed by atoms with Crippen molar-refractivity contribution in [1.29, 1.82) is 0 Å². The van der Waals surface area contributed by atoms with Crippen LogP contribution in [0.25, 0.3) is 0 Å². The summed E-state index contributed by atoms with van der Waals surface area (Å²) in [4.78, 5) is 50.3. The first-order valence-electron chi connectivity index (χ1n) is 9.55. The molecule has 1 unspecified atom stereocenters. The highest BCUT2D eigenvalue weighted by Crippen LogP contribution is 2.28. The fraction of sp³-hybridized carbons (Fsp3) is 0.350. The van der Waals surface area contributed by atoms with Crippen molar-refractivity contribution in [2.24, 2.45) is 5.92 Å². The Morgan fingerprint density at radius 2 is 1.60 bits per heavy atom. The van der Waals surface area contributed by atoms with Crippen molar-refractivity contribution in [1.82, 2.24) is 19.8 Å². The molecule has 1 aromatic carbocycles. The normalized spacial score (nSPS) is 19.3. The lowest BCUT2D eigenvalue weighted by atomic mass is 10.1. The lowest BCUT2D eigenvalue weighted by molar-refractivity contribution is -0.141. The molecule has 8 nitrogen and oxygen atoms in total. The second kappa shape index (κ2) is 8.13. The Morgan fingerprint density at radius 3 is 2.23 bits per heavy atom. The molecule has 0 saturated carbocycles. The SMILES string of the molecule is O=C(c1cnccn1)N1CCN(C(=O)C2CCN(c3cc(F)cc(F)c3)C2=O)CC1. The van der Waals surface area contributed by atoms with E-state index in [1.165, 1.54) is 23.5 Å². The average Bonchev–Trinajstić information content (AvgIpc) is 3.14. The van der Waals surface area contributed by atoms with Crippen LogP contribution < -0.4 is 4.90 Å². The van der Waals surface area contributed by atoms with E-state index in [1.54, 1.807) is 9.80 Å². The number of hydrogen-bond acceptors (Lipinski definition) is 5. The summed E-state index contributed by atoms with van der Waals surface area (Å²) in [5, 5.41) is 0. The van der Waals surface area contributed by atoms with E-state index in [1.807, 2.05) is 0 Å². The summed E-state index contributed by atoms with van der Waals surface area (Å²) in [6.07, 6.45) is 4.58. The van der Waals surface area contributed by atoms with Gasteiger partial charge in [-0.05, 0) is 18.6 Å². The van der Waals surface area contributed by atoms with Crippen molar-refractivity contribution in [3.63, 3.8) is 0 Å². The van der Waals surface area contributed by atoms with Crippen molar-refractivity contribution in [2.45, 2.75) is 6.42 Å². The third kappa shape index (κ3) is 3.85. The molecule has 156 valence electrons. The highest BCUT2D eigenvalue weighted by atomic mass is 19.1. The predicted molar refractivity (Wildman–Crippen MR) is 101 cm³/mol. The standard InChI is InChI=1S/C20H19F2N5O3/c21-13-9-14(22)11-15(10-13)27-4-1-16(19(27)29)18(28)25-5-7-26(8-6-25)20(30)17-12-23-2-3-24-17/h2-3,9-12,16H,1,4-8H2. The van der Waals surface area contributed by atoms with E-state index in [0.717, 1.165) is 18.2 Å². The van der Waals surface area contributed by atoms with Crippen LogP contribution in [0.1, 0.15) is 16.9 Å². The first kappa shape index (κ1) is 19.9. The van der Waals surface area contributed by atoms with Gasteiger partial charge in [0.25, 0.3) is 5.91 Å². The van der Waals surface area contributed by atoms with Crippen LogP contribution in [0.15, 0.2) is 36.8 Å². The number of rotatable bonds is 3. The number of carbonyl (C=O) groups is 3. The molecule has 10 heteroatoms. The quantitative estimate of drug-likeness (QED) is 0.701. The smallest absolute Gasteiger partial charge is 0.274 e. The van der Waals surface area contributed by atoms with Crippen LogP contribution in [0.5, 0.6) is 0 Å². The van der Waals surface area contributed by atoms with E-state index in [4.69, 9.17) is 0 Å². The summed E-state index contributed by atoms with van der Waals surface area (Å²) in [6.45, 7) is 1.44. The van der Waals surface area contributed by atoms with E-state index in [9.17, 15) is 23.2 Å². The van der Waals surface area contributed by atoms with Crippen LogP contribution in [-0.4, -0.2) is 70.2 Å². The number of aromatic nitrogens is 2. The van der Waals surface area contributed by atoms with Gasteiger partial charge in [0.15, 0.2) is 0 Å². The van der Waals surface area contributed by atoms with Crippen LogP contribution in [0.4, 0.5) is 14.5 Å². The Hall–Kier alpha value is -3.43. The third-order valence-electron chi connectivity index (χ3n) is 5.32.